The first kappa shape index (κ1) is 5.52. The fourth-order valence-electron chi connectivity index (χ4n) is 0.0310. The topological polar surface area (TPSA) is 61.6 Å². The highest BCUT2D eigenvalue weighted by atomic mass is 35.5. The van der Waals surface area contributed by atoms with Crippen LogP contribution in [0.15, 0.2) is 0 Å². The summed E-state index contributed by atoms with van der Waals surface area (Å²) < 4.78 is 3.30. The van der Waals surface area contributed by atoms with Crippen LogP contribution in [0.4, 0.5) is 4.79 Å². The van der Waals surface area contributed by atoms with Gasteiger partial charge in [-0.1, -0.05) is 4.44 Å². The fraction of sp³-hybridized carbons (Fsp3) is 0. The maximum atomic E-state index is 9.39. The van der Waals surface area contributed by atoms with E-state index in [9.17, 15) is 4.79 Å². The van der Waals surface area contributed by atoms with Crippen molar-refractivity contribution in [2.45, 2.75) is 0 Å². The van der Waals surface area contributed by atoms with Gasteiger partial charge in [0.25, 0.3) is 0 Å². The third kappa shape index (κ3) is 3.52. The molecule has 0 bridgehead atoms. The lowest BCUT2D eigenvalue weighted by molar-refractivity contribution is -0.132. The zero-order valence-corrected chi connectivity index (χ0v) is 3.44. The van der Waals surface area contributed by atoms with Crippen molar-refractivity contribution in [3.05, 3.63) is 0 Å². The van der Waals surface area contributed by atoms with Crippen molar-refractivity contribution in [1.82, 2.24) is 0 Å². The molecular weight excluding hydrogens is 109 g/mol. The Bertz CT molecular complexity index is 54.8. The van der Waals surface area contributed by atoms with Gasteiger partial charge >= 0.3 is 6.09 Å². The molecule has 5 heteroatoms. The highest BCUT2D eigenvalue weighted by Gasteiger charge is 1.86. The number of amides is 1. The van der Waals surface area contributed by atoms with Gasteiger partial charge in [-0.05, 0) is 0 Å². The Labute approximate surface area is 38.9 Å². The van der Waals surface area contributed by atoms with Crippen molar-refractivity contribution in [1.29, 1.82) is 0 Å². The molecule has 0 aromatic rings. The van der Waals surface area contributed by atoms with Crippen LogP contribution in [-0.4, -0.2) is 6.09 Å². The summed E-state index contributed by atoms with van der Waals surface area (Å²) in [6, 6.07) is 0. The maximum Gasteiger partial charge on any atom is 0.438 e. The normalized spacial score (nSPS) is 7.50. The van der Waals surface area contributed by atoms with E-state index in [0.717, 1.165) is 0 Å². The van der Waals surface area contributed by atoms with Crippen molar-refractivity contribution in [3.63, 3.8) is 0 Å². The van der Waals surface area contributed by atoms with Gasteiger partial charge in [0, 0.05) is 0 Å². The molecule has 4 nitrogen and oxygen atoms in total. The lowest BCUT2D eigenvalue weighted by atomic mass is 11.3. The molecule has 0 aromatic heterocycles. The summed E-state index contributed by atoms with van der Waals surface area (Å²) in [5.74, 6) is 0. The zero-order chi connectivity index (χ0) is 4.99. The molecule has 0 saturated heterocycles. The van der Waals surface area contributed by atoms with Gasteiger partial charge in [0.2, 0.25) is 0 Å². The van der Waals surface area contributed by atoms with E-state index in [1.165, 1.54) is 0 Å². The fourth-order valence-corrected chi connectivity index (χ4v) is 0.0931. The van der Waals surface area contributed by atoms with Crippen LogP contribution in [0, 0.1) is 0 Å². The summed E-state index contributed by atoms with van der Waals surface area (Å²) in [6.45, 7) is 0. The van der Waals surface area contributed by atoms with Crippen molar-refractivity contribution in [2.24, 2.45) is 5.73 Å². The van der Waals surface area contributed by atoms with Gasteiger partial charge in [0.05, 0.1) is 0 Å². The minimum Gasteiger partial charge on any atom is -0.333 e. The van der Waals surface area contributed by atoms with E-state index in [-0.39, 0.29) is 0 Å². The van der Waals surface area contributed by atoms with Crippen LogP contribution in [0.3, 0.4) is 0 Å². The number of carbonyl (C=O) groups excluding carboxylic acids is 1. The van der Waals surface area contributed by atoms with E-state index in [1.54, 1.807) is 0 Å². The van der Waals surface area contributed by atoms with E-state index in [1.807, 2.05) is 0 Å². The van der Waals surface area contributed by atoms with Crippen molar-refractivity contribution >= 4 is 18.0 Å². The molecule has 0 aromatic carbocycles. The predicted octanol–water partition coefficient (Wildman–Crippen LogP) is 0.167. The Morgan fingerprint density at radius 1 is 1.83 bits per heavy atom. The molecule has 36 valence electrons. The molecule has 1 amide bonds. The molecule has 0 aliphatic heterocycles. The summed E-state index contributed by atoms with van der Waals surface area (Å²) in [6.07, 6.45) is -1.06. The first-order chi connectivity index (χ1) is 2.77. The molecule has 2 N–H and O–H groups in total. The molecule has 0 aliphatic rings. The van der Waals surface area contributed by atoms with E-state index in [2.05, 4.69) is 26.9 Å². The van der Waals surface area contributed by atoms with Gasteiger partial charge in [-0.2, -0.15) is 0 Å². The second-order valence-corrected chi connectivity index (χ2v) is 0.591. The van der Waals surface area contributed by atoms with E-state index >= 15 is 0 Å². The van der Waals surface area contributed by atoms with Crippen LogP contribution in [0.5, 0.6) is 0 Å². The second-order valence-electron chi connectivity index (χ2n) is 0.465. The molecule has 0 unspecified atom stereocenters. The quantitative estimate of drug-likeness (QED) is 0.388. The van der Waals surface area contributed by atoms with Crippen LogP contribution >= 0.6 is 11.9 Å². The smallest absolute Gasteiger partial charge is 0.333 e. The van der Waals surface area contributed by atoms with Crippen LogP contribution < -0.4 is 5.73 Å². The number of halogens is 1. The van der Waals surface area contributed by atoms with Gasteiger partial charge in [0.1, 0.15) is 11.9 Å². The monoisotopic (exact) mass is 111 g/mol. The Balaban J connectivity index is 2.83. The first-order valence-electron chi connectivity index (χ1n) is 1.02. The molecule has 0 spiro atoms. The molecule has 0 rings (SSSR count). The maximum absolute atomic E-state index is 9.39. The van der Waals surface area contributed by atoms with Gasteiger partial charge in [-0.3, -0.25) is 4.89 Å². The summed E-state index contributed by atoms with van der Waals surface area (Å²) >= 11 is 4.37. The van der Waals surface area contributed by atoms with E-state index in [0.29, 0.717) is 0 Å². The van der Waals surface area contributed by atoms with Gasteiger partial charge in [-0.25, -0.2) is 4.79 Å². The molecule has 6 heavy (non-hydrogen) atoms. The second kappa shape index (κ2) is 2.74. The number of rotatable bonds is 1. The number of carbonyl (C=O) groups is 1. The van der Waals surface area contributed by atoms with Crippen molar-refractivity contribution in [2.75, 3.05) is 0 Å². The average molecular weight is 111 g/mol. The standard InChI is InChI=1S/CH2ClNO3/c2-6-5-1(3)4/h(H2,3,4). The van der Waals surface area contributed by atoms with Gasteiger partial charge in [0.15, 0.2) is 0 Å². The Morgan fingerprint density at radius 2 is 2.33 bits per heavy atom. The number of primary amides is 1. The Morgan fingerprint density at radius 3 is 2.33 bits per heavy atom. The lowest BCUT2D eigenvalue weighted by Crippen LogP contribution is -2.10. The van der Waals surface area contributed by atoms with Gasteiger partial charge < -0.3 is 5.73 Å². The molecule has 0 radical (unpaired) electrons. The summed E-state index contributed by atoms with van der Waals surface area (Å²) in [7, 11) is 0. The molecule has 0 fully saturated rings. The van der Waals surface area contributed by atoms with Crippen LogP contribution in [0.25, 0.3) is 0 Å². The molecule has 0 heterocycles. The number of nitrogens with two attached hydrogens (primary N) is 1. The number of hydrogen-bond acceptors (Lipinski definition) is 3. The Hall–Kier alpha value is -0.480. The molecular formula is CH2ClNO3. The highest BCUT2D eigenvalue weighted by molar-refractivity contribution is 6.07. The Kier molecular flexibility index (Phi) is 2.52. The summed E-state index contributed by atoms with van der Waals surface area (Å²) in [5, 5.41) is 0. The third-order valence-electron chi connectivity index (χ3n) is 0.114. The minimum atomic E-state index is -1.06. The summed E-state index contributed by atoms with van der Waals surface area (Å²) in [4.78, 5) is 12.8. The molecule has 0 saturated carbocycles. The largest absolute Gasteiger partial charge is 0.438 e. The van der Waals surface area contributed by atoms with E-state index < -0.39 is 6.09 Å². The predicted molar refractivity (Wildman–Crippen MR) is 17.6 cm³/mol. The van der Waals surface area contributed by atoms with E-state index in [4.69, 9.17) is 0 Å². The zero-order valence-electron chi connectivity index (χ0n) is 2.68. The van der Waals surface area contributed by atoms with Crippen LogP contribution in [0.1, 0.15) is 0 Å². The third-order valence-corrected chi connectivity index (χ3v) is 0.177. The van der Waals surface area contributed by atoms with Crippen molar-refractivity contribution in [3.8, 4) is 0 Å². The summed E-state index contributed by atoms with van der Waals surface area (Å²) in [5.41, 5.74) is 4.33. The molecule has 0 atom stereocenters. The van der Waals surface area contributed by atoms with Crippen molar-refractivity contribution < 1.29 is 14.1 Å². The van der Waals surface area contributed by atoms with Crippen LogP contribution in [-0.2, 0) is 9.33 Å². The average Bonchev–Trinajstić information content (AvgIpc) is 1.35. The molecule has 0 aliphatic carbocycles. The number of hydrogen-bond donors (Lipinski definition) is 1. The van der Waals surface area contributed by atoms with Gasteiger partial charge in [-0.15, -0.1) is 0 Å². The first-order valence-corrected chi connectivity index (χ1v) is 1.33. The lowest BCUT2D eigenvalue weighted by Gasteiger charge is -1.83. The van der Waals surface area contributed by atoms with Crippen LogP contribution in [0.2, 0.25) is 0 Å². The SMILES string of the molecule is NC(=O)OOCl. The highest BCUT2D eigenvalue weighted by Crippen LogP contribution is 1.78. The minimum absolute atomic E-state index is 1.06.